The topological polar surface area (TPSA) is 71.1 Å². The Kier molecular flexibility index (Phi) is 6.35. The maximum atomic E-state index is 12.5. The van der Waals surface area contributed by atoms with Gasteiger partial charge in [-0.15, -0.1) is 0 Å². The molecule has 5 nitrogen and oxygen atoms in total. The highest BCUT2D eigenvalue weighted by Crippen LogP contribution is 2.38. The third-order valence-corrected chi connectivity index (χ3v) is 5.17. The molecular weight excluding hydrogens is 284 g/mol. The lowest BCUT2D eigenvalue weighted by molar-refractivity contribution is -0.132. The second-order valence-corrected chi connectivity index (χ2v) is 6.80. The fourth-order valence-electron chi connectivity index (χ4n) is 2.77. The summed E-state index contributed by atoms with van der Waals surface area (Å²) in [5, 5.41) is 17.4. The number of hydrogen-bond acceptors (Lipinski definition) is 5. The van der Waals surface area contributed by atoms with Crippen molar-refractivity contribution < 1.29 is 4.79 Å². The molecule has 1 amide bonds. The van der Waals surface area contributed by atoms with Gasteiger partial charge >= 0.3 is 0 Å². The summed E-state index contributed by atoms with van der Waals surface area (Å²) >= 11 is 1.99. The zero-order chi connectivity index (χ0) is 15.1. The number of nitriles is 2. The first kappa shape index (κ1) is 16.1. The van der Waals surface area contributed by atoms with Crippen molar-refractivity contribution in [3.63, 3.8) is 0 Å². The molecule has 1 heterocycles. The van der Waals surface area contributed by atoms with E-state index >= 15 is 0 Å². The van der Waals surface area contributed by atoms with Gasteiger partial charge in [0.1, 0.15) is 0 Å². The fourth-order valence-corrected chi connectivity index (χ4v) is 4.03. The van der Waals surface area contributed by atoms with Crippen molar-refractivity contribution in [3.8, 4) is 12.1 Å². The van der Waals surface area contributed by atoms with Gasteiger partial charge in [0.25, 0.3) is 0 Å². The van der Waals surface area contributed by atoms with E-state index in [0.29, 0.717) is 38.5 Å². The molecule has 114 valence electrons. The minimum Gasteiger partial charge on any atom is -0.340 e. The van der Waals surface area contributed by atoms with Gasteiger partial charge in [0.05, 0.1) is 31.5 Å². The van der Waals surface area contributed by atoms with Crippen LogP contribution in [0.1, 0.15) is 25.7 Å². The molecule has 0 N–H and O–H groups in total. The van der Waals surface area contributed by atoms with Crippen molar-refractivity contribution in [2.75, 3.05) is 37.7 Å². The average molecular weight is 306 g/mol. The van der Waals surface area contributed by atoms with Gasteiger partial charge in [0, 0.05) is 37.2 Å². The molecule has 0 aromatic carbocycles. The minimum atomic E-state index is 0.0676. The Bertz CT molecular complexity index is 420. The normalized spacial score (nSPS) is 22.3. The quantitative estimate of drug-likeness (QED) is 0.712. The summed E-state index contributed by atoms with van der Waals surface area (Å²) in [6.45, 7) is 2.29. The first-order valence-electron chi connectivity index (χ1n) is 7.59. The largest absolute Gasteiger partial charge is 0.340 e. The average Bonchev–Trinajstić information content (AvgIpc) is 3.32. The summed E-state index contributed by atoms with van der Waals surface area (Å²) < 4.78 is 0. The molecule has 0 spiro atoms. The molecule has 21 heavy (non-hydrogen) atoms. The minimum absolute atomic E-state index is 0.0676. The van der Waals surface area contributed by atoms with Crippen LogP contribution < -0.4 is 0 Å². The van der Waals surface area contributed by atoms with Crippen molar-refractivity contribution in [2.45, 2.75) is 31.7 Å². The van der Waals surface area contributed by atoms with Gasteiger partial charge in [-0.2, -0.15) is 22.3 Å². The summed E-state index contributed by atoms with van der Waals surface area (Å²) in [5.74, 6) is 3.07. The van der Waals surface area contributed by atoms with Crippen LogP contribution >= 0.6 is 11.8 Å². The van der Waals surface area contributed by atoms with Crippen molar-refractivity contribution in [3.05, 3.63) is 0 Å². The van der Waals surface area contributed by atoms with E-state index in [1.807, 2.05) is 11.8 Å². The van der Waals surface area contributed by atoms with Gasteiger partial charge in [-0.1, -0.05) is 0 Å². The van der Waals surface area contributed by atoms with Crippen LogP contribution in [0.3, 0.4) is 0 Å². The van der Waals surface area contributed by atoms with Gasteiger partial charge < -0.3 is 4.90 Å². The van der Waals surface area contributed by atoms with Crippen LogP contribution in [0, 0.1) is 28.6 Å². The zero-order valence-electron chi connectivity index (χ0n) is 12.3. The summed E-state index contributed by atoms with van der Waals surface area (Å²) in [4.78, 5) is 16.5. The van der Waals surface area contributed by atoms with Crippen LogP contribution in [0.2, 0.25) is 0 Å². The molecule has 0 unspecified atom stereocenters. The second kappa shape index (κ2) is 8.26. The Morgan fingerprint density at radius 3 is 2.48 bits per heavy atom. The molecule has 0 radical (unpaired) electrons. The molecule has 0 aromatic rings. The van der Waals surface area contributed by atoms with Crippen molar-refractivity contribution in [1.29, 1.82) is 10.5 Å². The van der Waals surface area contributed by atoms with Crippen molar-refractivity contribution in [2.24, 2.45) is 5.92 Å². The van der Waals surface area contributed by atoms with Gasteiger partial charge in [0.15, 0.2) is 0 Å². The lowest BCUT2D eigenvalue weighted by Crippen LogP contribution is -2.49. The summed E-state index contributed by atoms with van der Waals surface area (Å²) in [6, 6.07) is 4.70. The van der Waals surface area contributed by atoms with E-state index in [1.54, 1.807) is 4.90 Å². The van der Waals surface area contributed by atoms with E-state index in [0.717, 1.165) is 24.0 Å². The van der Waals surface area contributed by atoms with E-state index in [4.69, 9.17) is 10.5 Å². The molecule has 1 saturated carbocycles. The monoisotopic (exact) mass is 306 g/mol. The van der Waals surface area contributed by atoms with Crippen molar-refractivity contribution in [1.82, 2.24) is 9.80 Å². The standard InChI is InChI=1S/C15H22N4OS/c16-5-1-7-18(8-2-6-17)15(20)11-19-9-10-21-12-14(19)13-3-4-13/h13-14H,1-4,7-12H2/t14-/m1/s1. The van der Waals surface area contributed by atoms with Gasteiger partial charge in [-0.25, -0.2) is 0 Å². The molecule has 1 aliphatic heterocycles. The molecule has 6 heteroatoms. The number of nitrogens with zero attached hydrogens (tertiary/aromatic N) is 4. The Hall–Kier alpha value is -1.24. The lowest BCUT2D eigenvalue weighted by Gasteiger charge is -2.36. The van der Waals surface area contributed by atoms with E-state index in [1.165, 1.54) is 12.8 Å². The number of thioether (sulfide) groups is 1. The van der Waals surface area contributed by atoms with E-state index in [9.17, 15) is 4.79 Å². The molecule has 2 fully saturated rings. The first-order chi connectivity index (χ1) is 10.3. The van der Waals surface area contributed by atoms with E-state index in [2.05, 4.69) is 17.0 Å². The number of amides is 1. The Labute approximate surface area is 130 Å². The predicted molar refractivity (Wildman–Crippen MR) is 82.5 cm³/mol. The summed E-state index contributed by atoms with van der Waals surface area (Å²) in [7, 11) is 0. The third kappa shape index (κ3) is 4.91. The Balaban J connectivity index is 1.89. The van der Waals surface area contributed by atoms with Gasteiger partial charge in [-0.05, 0) is 18.8 Å². The van der Waals surface area contributed by atoms with E-state index in [-0.39, 0.29) is 5.91 Å². The highest BCUT2D eigenvalue weighted by atomic mass is 32.2. The van der Waals surface area contributed by atoms with Crippen LogP contribution in [-0.2, 0) is 4.79 Å². The number of carbonyl (C=O) groups excluding carboxylic acids is 1. The molecule has 0 aromatic heterocycles. The number of hydrogen-bond donors (Lipinski definition) is 0. The summed E-state index contributed by atoms with van der Waals surface area (Å²) in [5.41, 5.74) is 0. The molecular formula is C15H22N4OS. The maximum Gasteiger partial charge on any atom is 0.236 e. The molecule has 2 rings (SSSR count). The maximum absolute atomic E-state index is 12.5. The second-order valence-electron chi connectivity index (χ2n) is 5.65. The van der Waals surface area contributed by atoms with E-state index < -0.39 is 0 Å². The first-order valence-corrected chi connectivity index (χ1v) is 8.75. The zero-order valence-corrected chi connectivity index (χ0v) is 13.1. The SMILES string of the molecule is N#CCCN(CCC#N)C(=O)CN1CCSC[C@@H]1C1CC1. The van der Waals surface area contributed by atoms with Gasteiger partial charge in [-0.3, -0.25) is 9.69 Å². The molecule has 2 aliphatic rings. The Morgan fingerprint density at radius 2 is 1.90 bits per heavy atom. The number of rotatable bonds is 7. The van der Waals surface area contributed by atoms with Crippen LogP contribution in [0.15, 0.2) is 0 Å². The lowest BCUT2D eigenvalue weighted by atomic mass is 10.1. The smallest absolute Gasteiger partial charge is 0.236 e. The Morgan fingerprint density at radius 1 is 1.24 bits per heavy atom. The highest BCUT2D eigenvalue weighted by molar-refractivity contribution is 7.99. The molecule has 0 bridgehead atoms. The highest BCUT2D eigenvalue weighted by Gasteiger charge is 2.37. The number of carbonyl (C=O) groups is 1. The van der Waals surface area contributed by atoms with Crippen LogP contribution in [-0.4, -0.2) is 59.4 Å². The van der Waals surface area contributed by atoms with Crippen molar-refractivity contribution >= 4 is 17.7 Å². The molecule has 1 atom stereocenters. The van der Waals surface area contributed by atoms with Crippen LogP contribution in [0.4, 0.5) is 0 Å². The molecule has 1 saturated heterocycles. The van der Waals surface area contributed by atoms with Crippen LogP contribution in [0.25, 0.3) is 0 Å². The predicted octanol–water partition coefficient (Wildman–Crippen LogP) is 1.47. The molecule has 1 aliphatic carbocycles. The van der Waals surface area contributed by atoms with Crippen LogP contribution in [0.5, 0.6) is 0 Å². The third-order valence-electron chi connectivity index (χ3n) is 4.12. The van der Waals surface area contributed by atoms with Gasteiger partial charge in [0.2, 0.25) is 5.91 Å². The summed E-state index contributed by atoms with van der Waals surface area (Å²) in [6.07, 6.45) is 3.25. The fraction of sp³-hybridized carbons (Fsp3) is 0.800.